The summed E-state index contributed by atoms with van der Waals surface area (Å²) in [7, 11) is 1.59. The lowest BCUT2D eigenvalue weighted by atomic mass is 10.1. The molecule has 0 amide bonds. The van der Waals surface area contributed by atoms with Crippen molar-refractivity contribution in [2.75, 3.05) is 19.2 Å². The first kappa shape index (κ1) is 13.4. The van der Waals surface area contributed by atoms with E-state index in [2.05, 4.69) is 10.2 Å². The zero-order valence-electron chi connectivity index (χ0n) is 10.7. The van der Waals surface area contributed by atoms with Crippen LogP contribution in [0.1, 0.15) is 11.3 Å². The molecule has 0 atom stereocenters. The molecule has 2 N–H and O–H groups in total. The molecule has 100 valence electrons. The Morgan fingerprint density at radius 2 is 2.11 bits per heavy atom. The number of benzene rings is 1. The summed E-state index contributed by atoms with van der Waals surface area (Å²) in [6, 6.07) is 7.46. The van der Waals surface area contributed by atoms with Crippen LogP contribution in [0, 0.1) is 0 Å². The third-order valence-electron chi connectivity index (χ3n) is 2.66. The van der Waals surface area contributed by atoms with Crippen molar-refractivity contribution in [3.63, 3.8) is 0 Å². The molecule has 0 aliphatic carbocycles. The number of rotatable bonds is 4. The van der Waals surface area contributed by atoms with Crippen LogP contribution in [0.5, 0.6) is 5.75 Å². The zero-order valence-corrected chi connectivity index (χ0v) is 11.5. The largest absolute Gasteiger partial charge is 0.496 e. The molecule has 1 heterocycles. The lowest BCUT2D eigenvalue weighted by Crippen LogP contribution is -2.33. The topological polar surface area (TPSA) is 83.0 Å². The minimum absolute atomic E-state index is 0.296. The minimum Gasteiger partial charge on any atom is -0.496 e. The van der Waals surface area contributed by atoms with Gasteiger partial charge in [-0.15, -0.1) is 10.2 Å². The van der Waals surface area contributed by atoms with Crippen LogP contribution in [-0.2, 0) is 6.42 Å². The second kappa shape index (κ2) is 5.75. The summed E-state index contributed by atoms with van der Waals surface area (Å²) < 4.78 is 6.26. The predicted octanol–water partition coefficient (Wildman–Crippen LogP) is 0.673. The van der Waals surface area contributed by atoms with Gasteiger partial charge >= 0.3 is 0 Å². The molecular weight excluding hydrogens is 264 g/mol. The van der Waals surface area contributed by atoms with Crippen LogP contribution < -0.4 is 16.1 Å². The fourth-order valence-corrected chi connectivity index (χ4v) is 2.10. The molecule has 2 aromatic rings. The van der Waals surface area contributed by atoms with E-state index in [9.17, 15) is 4.79 Å². The molecule has 0 unspecified atom stereocenters. The molecule has 1 aromatic carbocycles. The molecule has 0 bridgehead atoms. The second-order valence-corrected chi connectivity index (χ2v) is 4.57. The molecule has 0 saturated carbocycles. The Bertz CT molecular complexity index is 642. The van der Waals surface area contributed by atoms with E-state index < -0.39 is 0 Å². The van der Waals surface area contributed by atoms with E-state index in [1.807, 2.05) is 24.3 Å². The highest BCUT2D eigenvalue weighted by atomic mass is 32.2. The van der Waals surface area contributed by atoms with E-state index in [4.69, 9.17) is 10.6 Å². The Kier molecular flexibility index (Phi) is 4.06. The van der Waals surface area contributed by atoms with Gasteiger partial charge in [0, 0.05) is 12.0 Å². The summed E-state index contributed by atoms with van der Waals surface area (Å²) in [6.07, 6.45) is 2.12. The lowest BCUT2D eigenvalue weighted by molar-refractivity contribution is 0.410. The monoisotopic (exact) mass is 278 g/mol. The van der Waals surface area contributed by atoms with Crippen LogP contribution in [0.2, 0.25) is 0 Å². The Hall–Kier alpha value is -2.02. The van der Waals surface area contributed by atoms with Gasteiger partial charge in [-0.1, -0.05) is 30.0 Å². The summed E-state index contributed by atoms with van der Waals surface area (Å²) in [6.45, 7) is 0. The average molecular weight is 278 g/mol. The van der Waals surface area contributed by atoms with Crippen molar-refractivity contribution in [3.8, 4) is 5.75 Å². The maximum absolute atomic E-state index is 12.0. The van der Waals surface area contributed by atoms with E-state index in [-0.39, 0.29) is 5.56 Å². The van der Waals surface area contributed by atoms with E-state index in [1.165, 1.54) is 11.8 Å². The smallest absolute Gasteiger partial charge is 0.294 e. The minimum atomic E-state index is -0.342. The molecule has 0 spiro atoms. The number of nitrogens with zero attached hydrogens (tertiary/aromatic N) is 3. The third-order valence-corrected chi connectivity index (χ3v) is 3.30. The SMILES string of the molecule is COc1ccccc1Cc1nnc(SC)n(N)c1=O. The van der Waals surface area contributed by atoms with Gasteiger partial charge in [-0.2, -0.15) is 4.68 Å². The number of nitrogens with two attached hydrogens (primary N) is 1. The summed E-state index contributed by atoms with van der Waals surface area (Å²) in [5, 5.41) is 8.24. The van der Waals surface area contributed by atoms with Gasteiger partial charge in [0.1, 0.15) is 11.4 Å². The number of para-hydroxylation sites is 1. The Labute approximate surface area is 114 Å². The van der Waals surface area contributed by atoms with Crippen LogP contribution in [-0.4, -0.2) is 28.2 Å². The molecule has 0 aliphatic rings. The van der Waals surface area contributed by atoms with Crippen LogP contribution in [0.3, 0.4) is 0 Å². The van der Waals surface area contributed by atoms with E-state index >= 15 is 0 Å². The van der Waals surface area contributed by atoms with Crippen molar-refractivity contribution in [2.45, 2.75) is 11.6 Å². The second-order valence-electron chi connectivity index (χ2n) is 3.80. The van der Waals surface area contributed by atoms with Gasteiger partial charge in [-0.05, 0) is 12.3 Å². The standard InChI is InChI=1S/C12H14N4O2S/c1-18-10-6-4-3-5-8(10)7-9-11(17)16(13)12(19-2)15-14-9/h3-6H,7,13H2,1-2H3. The lowest BCUT2D eigenvalue weighted by Gasteiger charge is -2.08. The van der Waals surface area contributed by atoms with Gasteiger partial charge in [-0.3, -0.25) is 4.79 Å². The molecule has 7 heteroatoms. The Balaban J connectivity index is 2.39. The highest BCUT2D eigenvalue weighted by molar-refractivity contribution is 7.98. The molecule has 1 aromatic heterocycles. The number of methoxy groups -OCH3 is 1. The van der Waals surface area contributed by atoms with Crippen molar-refractivity contribution < 1.29 is 4.74 Å². The van der Waals surface area contributed by atoms with Gasteiger partial charge in [0.05, 0.1) is 7.11 Å². The van der Waals surface area contributed by atoms with Gasteiger partial charge in [0.2, 0.25) is 5.16 Å². The van der Waals surface area contributed by atoms with Gasteiger partial charge < -0.3 is 10.6 Å². The fraction of sp³-hybridized carbons (Fsp3) is 0.250. The molecule has 2 rings (SSSR count). The quantitative estimate of drug-likeness (QED) is 0.654. The van der Waals surface area contributed by atoms with Crippen molar-refractivity contribution in [1.29, 1.82) is 0 Å². The number of thioether (sulfide) groups is 1. The molecule has 6 nitrogen and oxygen atoms in total. The van der Waals surface area contributed by atoms with Crippen LogP contribution >= 0.6 is 11.8 Å². The van der Waals surface area contributed by atoms with Crippen LogP contribution in [0.25, 0.3) is 0 Å². The van der Waals surface area contributed by atoms with Gasteiger partial charge in [-0.25, -0.2) is 0 Å². The Morgan fingerprint density at radius 3 is 2.79 bits per heavy atom. The fourth-order valence-electron chi connectivity index (χ4n) is 1.70. The van der Waals surface area contributed by atoms with Crippen molar-refractivity contribution in [1.82, 2.24) is 14.9 Å². The van der Waals surface area contributed by atoms with Crippen molar-refractivity contribution >= 4 is 11.8 Å². The first-order valence-corrected chi connectivity index (χ1v) is 6.79. The van der Waals surface area contributed by atoms with E-state index in [0.29, 0.717) is 23.0 Å². The number of hydrogen-bond acceptors (Lipinski definition) is 6. The maximum Gasteiger partial charge on any atom is 0.294 e. The molecule has 0 saturated heterocycles. The van der Waals surface area contributed by atoms with E-state index in [1.54, 1.807) is 13.4 Å². The molecular formula is C12H14N4O2S. The highest BCUT2D eigenvalue weighted by Gasteiger charge is 2.12. The maximum atomic E-state index is 12.0. The molecule has 0 aliphatic heterocycles. The van der Waals surface area contributed by atoms with Crippen LogP contribution in [0.15, 0.2) is 34.2 Å². The molecule has 19 heavy (non-hydrogen) atoms. The molecule has 0 fully saturated rings. The average Bonchev–Trinajstić information content (AvgIpc) is 2.45. The first-order valence-electron chi connectivity index (χ1n) is 5.57. The predicted molar refractivity (Wildman–Crippen MR) is 74.0 cm³/mol. The number of hydrogen-bond donors (Lipinski definition) is 1. The zero-order chi connectivity index (χ0) is 13.8. The summed E-state index contributed by atoms with van der Waals surface area (Å²) in [4.78, 5) is 12.0. The Morgan fingerprint density at radius 1 is 1.37 bits per heavy atom. The third kappa shape index (κ3) is 2.70. The van der Waals surface area contributed by atoms with Gasteiger partial charge in [0.25, 0.3) is 5.56 Å². The number of nitrogen functional groups attached to an aromatic ring is 1. The summed E-state index contributed by atoms with van der Waals surface area (Å²) in [5.41, 5.74) is 0.823. The van der Waals surface area contributed by atoms with E-state index in [0.717, 1.165) is 10.2 Å². The van der Waals surface area contributed by atoms with Crippen molar-refractivity contribution in [2.24, 2.45) is 0 Å². The normalized spacial score (nSPS) is 10.4. The van der Waals surface area contributed by atoms with Crippen molar-refractivity contribution in [3.05, 3.63) is 45.9 Å². The first-order chi connectivity index (χ1) is 9.17. The summed E-state index contributed by atoms with van der Waals surface area (Å²) >= 11 is 1.27. The summed E-state index contributed by atoms with van der Waals surface area (Å²) in [5.74, 6) is 6.38. The number of aromatic nitrogens is 3. The van der Waals surface area contributed by atoms with Crippen LogP contribution in [0.4, 0.5) is 0 Å². The highest BCUT2D eigenvalue weighted by Crippen LogP contribution is 2.19. The van der Waals surface area contributed by atoms with Gasteiger partial charge in [0.15, 0.2) is 0 Å². The molecule has 0 radical (unpaired) electrons. The number of ether oxygens (including phenoxy) is 1.